The molecule has 0 bridgehead atoms. The summed E-state index contributed by atoms with van der Waals surface area (Å²) in [5, 5.41) is 0. The largest absolute Gasteiger partial charge is 0.481 e. The number of sulfonamides is 1. The number of nitrogens with one attached hydrogen (secondary N) is 2. The smallest absolute Gasteiger partial charge is 0.279 e. The number of hydrogen-bond donors (Lipinski definition) is 2. The van der Waals surface area contributed by atoms with Crippen LogP contribution in [-0.4, -0.2) is 44.2 Å². The van der Waals surface area contributed by atoms with Crippen LogP contribution in [-0.2, 0) is 19.6 Å². The third-order valence-corrected chi connectivity index (χ3v) is 6.70. The maximum absolute atomic E-state index is 12.6. The maximum Gasteiger partial charge on any atom is 0.279 e. The summed E-state index contributed by atoms with van der Waals surface area (Å²) in [6, 6.07) is 12.1. The predicted molar refractivity (Wildman–Crippen MR) is 123 cm³/mol. The highest BCUT2D eigenvalue weighted by atomic mass is 32.2. The Balaban J connectivity index is 1.93. The molecule has 9 heteroatoms. The lowest BCUT2D eigenvalue weighted by molar-refractivity contribution is -0.132. The van der Waals surface area contributed by atoms with Crippen LogP contribution in [0.4, 0.5) is 0 Å². The van der Waals surface area contributed by atoms with E-state index in [0.29, 0.717) is 5.75 Å². The van der Waals surface area contributed by atoms with Gasteiger partial charge >= 0.3 is 0 Å². The maximum atomic E-state index is 12.6. The van der Waals surface area contributed by atoms with Crippen LogP contribution in [0.2, 0.25) is 0 Å². The van der Waals surface area contributed by atoms with Crippen molar-refractivity contribution in [2.24, 2.45) is 0 Å². The first-order chi connectivity index (χ1) is 14.9. The van der Waals surface area contributed by atoms with E-state index in [0.717, 1.165) is 21.0 Å². The summed E-state index contributed by atoms with van der Waals surface area (Å²) < 4.78 is 31.9. The van der Waals surface area contributed by atoms with Crippen molar-refractivity contribution in [1.82, 2.24) is 15.2 Å². The minimum Gasteiger partial charge on any atom is -0.481 e. The fourth-order valence-corrected chi connectivity index (χ4v) is 4.04. The van der Waals surface area contributed by atoms with E-state index in [4.69, 9.17) is 4.74 Å². The molecule has 1 unspecified atom stereocenters. The molecule has 0 saturated carbocycles. The van der Waals surface area contributed by atoms with Gasteiger partial charge in [-0.2, -0.15) is 4.31 Å². The summed E-state index contributed by atoms with van der Waals surface area (Å²) >= 11 is 0. The number of carbonyl (C=O) groups is 2. The molecule has 2 aromatic carbocycles. The van der Waals surface area contributed by atoms with Crippen molar-refractivity contribution in [3.8, 4) is 5.75 Å². The first-order valence-corrected chi connectivity index (χ1v) is 11.7. The molecule has 32 heavy (non-hydrogen) atoms. The Morgan fingerprint density at radius 2 is 1.56 bits per heavy atom. The van der Waals surface area contributed by atoms with Gasteiger partial charge in [-0.25, -0.2) is 8.42 Å². The monoisotopic (exact) mass is 461 g/mol. The molecule has 2 amide bonds. The predicted octanol–water partition coefficient (Wildman–Crippen LogP) is 2.66. The van der Waals surface area contributed by atoms with E-state index in [9.17, 15) is 18.0 Å². The molecule has 0 aromatic heterocycles. The fourth-order valence-electron chi connectivity index (χ4n) is 2.91. The van der Waals surface area contributed by atoms with E-state index in [2.05, 4.69) is 10.9 Å². The summed E-state index contributed by atoms with van der Waals surface area (Å²) in [7, 11) is -2.53. The van der Waals surface area contributed by atoms with Gasteiger partial charge in [0.15, 0.2) is 6.10 Å². The van der Waals surface area contributed by atoms with Crippen molar-refractivity contribution in [3.05, 3.63) is 59.2 Å². The lowest BCUT2D eigenvalue weighted by Gasteiger charge is -2.20. The Labute approximate surface area is 190 Å². The Hall–Kier alpha value is -2.91. The second-order valence-electron chi connectivity index (χ2n) is 8.07. The highest BCUT2D eigenvalue weighted by Gasteiger charge is 2.24. The SMILES string of the molecule is Cc1ccc(S(=O)(=O)N(C)CC(=O)NNC(=O)C(C)Oc2cc(C)ccc2C(C)C)cc1. The highest BCUT2D eigenvalue weighted by molar-refractivity contribution is 7.89. The van der Waals surface area contributed by atoms with Crippen molar-refractivity contribution in [2.75, 3.05) is 13.6 Å². The Morgan fingerprint density at radius 1 is 0.969 bits per heavy atom. The molecule has 0 fully saturated rings. The number of ether oxygens (including phenoxy) is 1. The number of carbonyl (C=O) groups excluding carboxylic acids is 2. The Morgan fingerprint density at radius 3 is 2.16 bits per heavy atom. The number of likely N-dealkylation sites (N-methyl/N-ethyl adjacent to an activating group) is 1. The van der Waals surface area contributed by atoms with E-state index in [1.165, 1.54) is 19.2 Å². The number of hydrogen-bond acceptors (Lipinski definition) is 5. The quantitative estimate of drug-likeness (QED) is 0.588. The van der Waals surface area contributed by atoms with Gasteiger partial charge in [0, 0.05) is 7.05 Å². The van der Waals surface area contributed by atoms with Gasteiger partial charge in [0.05, 0.1) is 11.4 Å². The van der Waals surface area contributed by atoms with Crippen LogP contribution in [0.5, 0.6) is 5.75 Å². The van der Waals surface area contributed by atoms with E-state index in [1.54, 1.807) is 19.1 Å². The van der Waals surface area contributed by atoms with Crippen LogP contribution in [0.1, 0.15) is 43.4 Å². The summed E-state index contributed by atoms with van der Waals surface area (Å²) in [5.41, 5.74) is 7.42. The molecule has 0 aliphatic rings. The normalized spacial score (nSPS) is 12.5. The van der Waals surface area contributed by atoms with Gasteiger partial charge in [-0.3, -0.25) is 20.4 Å². The second-order valence-corrected chi connectivity index (χ2v) is 10.1. The minimum absolute atomic E-state index is 0.0866. The van der Waals surface area contributed by atoms with Gasteiger partial charge in [0.1, 0.15) is 5.75 Å². The van der Waals surface area contributed by atoms with Crippen LogP contribution in [0, 0.1) is 13.8 Å². The zero-order valence-corrected chi connectivity index (χ0v) is 20.1. The van der Waals surface area contributed by atoms with Gasteiger partial charge in [-0.15, -0.1) is 0 Å². The van der Waals surface area contributed by atoms with Gasteiger partial charge in [0.2, 0.25) is 10.0 Å². The zero-order valence-electron chi connectivity index (χ0n) is 19.3. The van der Waals surface area contributed by atoms with Crippen molar-refractivity contribution < 1.29 is 22.7 Å². The highest BCUT2D eigenvalue weighted by Crippen LogP contribution is 2.28. The number of nitrogens with zero attached hydrogens (tertiary/aromatic N) is 1. The Kier molecular flexibility index (Phi) is 8.40. The molecule has 0 heterocycles. The average molecular weight is 462 g/mol. The first kappa shape index (κ1) is 25.4. The summed E-state index contributed by atoms with van der Waals surface area (Å²) in [4.78, 5) is 24.6. The molecule has 2 N–H and O–H groups in total. The third-order valence-electron chi connectivity index (χ3n) is 4.88. The van der Waals surface area contributed by atoms with Crippen LogP contribution < -0.4 is 15.6 Å². The van der Waals surface area contributed by atoms with Gasteiger partial charge in [-0.05, 0) is 56.0 Å². The average Bonchev–Trinajstić information content (AvgIpc) is 2.72. The topological polar surface area (TPSA) is 105 Å². The number of aryl methyl sites for hydroxylation is 2. The third kappa shape index (κ3) is 6.54. The number of amides is 2. The summed E-state index contributed by atoms with van der Waals surface area (Å²) in [6.45, 7) is 8.96. The summed E-state index contributed by atoms with van der Waals surface area (Å²) in [5.74, 6) is -0.412. The van der Waals surface area contributed by atoms with Crippen LogP contribution in [0.3, 0.4) is 0 Å². The molecular weight excluding hydrogens is 430 g/mol. The molecule has 2 rings (SSSR count). The Bertz CT molecular complexity index is 1070. The van der Waals surface area contributed by atoms with Crippen molar-refractivity contribution in [2.45, 2.75) is 51.5 Å². The van der Waals surface area contributed by atoms with Crippen molar-refractivity contribution in [3.63, 3.8) is 0 Å². The molecule has 174 valence electrons. The van der Waals surface area contributed by atoms with Crippen molar-refractivity contribution >= 4 is 21.8 Å². The van der Waals surface area contributed by atoms with E-state index < -0.39 is 34.5 Å². The summed E-state index contributed by atoms with van der Waals surface area (Å²) in [6.07, 6.45) is -0.872. The van der Waals surface area contributed by atoms with E-state index in [-0.39, 0.29) is 10.8 Å². The second kappa shape index (κ2) is 10.6. The standard InChI is InChI=1S/C23H31N3O5S/c1-15(2)20-12-9-17(4)13-21(20)31-18(5)23(28)25-24-22(27)14-26(6)32(29,30)19-10-7-16(3)8-11-19/h7-13,15,18H,14H2,1-6H3,(H,24,27)(H,25,28). The molecule has 1 atom stereocenters. The molecule has 0 spiro atoms. The van der Waals surface area contributed by atoms with Gasteiger partial charge < -0.3 is 4.74 Å². The number of benzene rings is 2. The van der Waals surface area contributed by atoms with Crippen LogP contribution >= 0.6 is 0 Å². The van der Waals surface area contributed by atoms with Crippen LogP contribution in [0.25, 0.3) is 0 Å². The number of hydrazine groups is 1. The van der Waals surface area contributed by atoms with Crippen molar-refractivity contribution in [1.29, 1.82) is 0 Å². The zero-order chi connectivity index (χ0) is 24.1. The molecule has 8 nitrogen and oxygen atoms in total. The molecule has 2 aromatic rings. The van der Waals surface area contributed by atoms with Crippen LogP contribution in [0.15, 0.2) is 47.4 Å². The molecule has 0 aliphatic carbocycles. The number of rotatable bonds is 8. The molecule has 0 aliphatic heterocycles. The lowest BCUT2D eigenvalue weighted by atomic mass is 10.0. The minimum atomic E-state index is -3.83. The fraction of sp³-hybridized carbons (Fsp3) is 0.391. The molecule has 0 radical (unpaired) electrons. The first-order valence-electron chi connectivity index (χ1n) is 10.3. The van der Waals surface area contributed by atoms with Gasteiger partial charge in [-0.1, -0.05) is 43.7 Å². The molecule has 0 saturated heterocycles. The van der Waals surface area contributed by atoms with E-state index in [1.807, 2.05) is 45.9 Å². The van der Waals surface area contributed by atoms with E-state index >= 15 is 0 Å². The molecular formula is C23H31N3O5S. The van der Waals surface area contributed by atoms with Gasteiger partial charge in [0.25, 0.3) is 11.8 Å². The lowest BCUT2D eigenvalue weighted by Crippen LogP contribution is -2.50.